The van der Waals surface area contributed by atoms with Crippen molar-refractivity contribution in [2.45, 2.75) is 103 Å². The van der Waals surface area contributed by atoms with Crippen molar-refractivity contribution in [3.63, 3.8) is 0 Å². The molecule has 0 bridgehead atoms. The molecule has 8 nitrogen and oxygen atoms in total. The molecule has 0 atom stereocenters. The summed E-state index contributed by atoms with van der Waals surface area (Å²) in [5.74, 6) is 5.33. The van der Waals surface area contributed by atoms with Gasteiger partial charge in [0.1, 0.15) is 34.7 Å². The van der Waals surface area contributed by atoms with Gasteiger partial charge in [0, 0.05) is 24.2 Å². The van der Waals surface area contributed by atoms with E-state index in [0.29, 0.717) is 0 Å². The van der Waals surface area contributed by atoms with Crippen LogP contribution < -0.4 is 29.6 Å². The van der Waals surface area contributed by atoms with E-state index in [2.05, 4.69) is 10.6 Å². The molecule has 0 radical (unpaired) electrons. The molecule has 0 heterocycles. The summed E-state index contributed by atoms with van der Waals surface area (Å²) < 4.78 is 21.2. The molecule has 4 aromatic carbocycles. The van der Waals surface area contributed by atoms with E-state index in [1.165, 1.54) is 77.0 Å². The maximum absolute atomic E-state index is 5.31. The monoisotopic (exact) mass is 734 g/mol. The minimum absolute atomic E-state index is 0.836. The van der Waals surface area contributed by atoms with Gasteiger partial charge in [0.15, 0.2) is 0 Å². The molecule has 290 valence electrons. The maximum Gasteiger partial charge on any atom is 0.119 e. The number of benzene rings is 4. The van der Waals surface area contributed by atoms with Crippen LogP contribution in [0.4, 0.5) is 22.7 Å². The zero-order valence-corrected chi connectivity index (χ0v) is 33.1. The lowest BCUT2D eigenvalue weighted by Crippen LogP contribution is -2.11. The van der Waals surface area contributed by atoms with Crippen LogP contribution in [0, 0.1) is 0 Å². The molecule has 0 spiro atoms. The van der Waals surface area contributed by atoms with Crippen LogP contribution in [-0.4, -0.2) is 40.1 Å². The van der Waals surface area contributed by atoms with Gasteiger partial charge in [-0.2, -0.15) is 0 Å². The summed E-state index contributed by atoms with van der Waals surface area (Å²) in [6, 6.07) is 31.8. The Bertz CT molecular complexity index is 1510. The van der Waals surface area contributed by atoms with Crippen LogP contribution in [-0.2, 0) is 0 Å². The Morgan fingerprint density at radius 2 is 0.593 bits per heavy atom. The SMILES string of the molecule is COc1ccc(/N=C(/CCCCCCCCCCCCCCCC/C(=N/c2ccc(OC)cc2)Nc2ccc(OC)cc2)Nc2ccc(OC)cc2)cc1. The lowest BCUT2D eigenvalue weighted by molar-refractivity contribution is 0.414. The zero-order valence-electron chi connectivity index (χ0n) is 33.1. The average molecular weight is 735 g/mol. The van der Waals surface area contributed by atoms with E-state index in [1.807, 2.05) is 97.1 Å². The summed E-state index contributed by atoms with van der Waals surface area (Å²) >= 11 is 0. The molecular weight excluding hydrogens is 673 g/mol. The van der Waals surface area contributed by atoms with E-state index in [-0.39, 0.29) is 0 Å². The van der Waals surface area contributed by atoms with Crippen molar-refractivity contribution in [3.05, 3.63) is 97.1 Å². The van der Waals surface area contributed by atoms with Crippen molar-refractivity contribution in [3.8, 4) is 23.0 Å². The van der Waals surface area contributed by atoms with Gasteiger partial charge in [-0.25, -0.2) is 9.98 Å². The van der Waals surface area contributed by atoms with Crippen molar-refractivity contribution in [2.24, 2.45) is 9.98 Å². The van der Waals surface area contributed by atoms with Gasteiger partial charge in [-0.3, -0.25) is 0 Å². The highest BCUT2D eigenvalue weighted by atomic mass is 16.5. The molecule has 0 aliphatic carbocycles. The van der Waals surface area contributed by atoms with Crippen molar-refractivity contribution in [1.29, 1.82) is 0 Å². The summed E-state index contributed by atoms with van der Waals surface area (Å²) in [6.07, 6.45) is 19.8. The van der Waals surface area contributed by atoms with Gasteiger partial charge < -0.3 is 29.6 Å². The first-order valence-electron chi connectivity index (χ1n) is 19.8. The standard InChI is InChI=1S/C46H62N4O4/c1-51-41-29-21-37(22-30-41)47-45(48-38-23-31-42(52-2)32-24-38)19-17-15-13-11-9-7-5-6-8-10-12-14-16-18-20-46(49-39-25-33-43(53-3)34-26-39)50-40-27-35-44(54-4)36-28-40/h21-36H,5-20H2,1-4H3,(H,47,48)(H,49,50). The fourth-order valence-electron chi connectivity index (χ4n) is 6.31. The predicted molar refractivity (Wildman–Crippen MR) is 227 cm³/mol. The largest absolute Gasteiger partial charge is 0.497 e. The quantitative estimate of drug-likeness (QED) is 0.0400. The number of nitrogens with one attached hydrogen (secondary N) is 2. The van der Waals surface area contributed by atoms with Gasteiger partial charge in [0.25, 0.3) is 0 Å². The molecule has 0 fully saturated rings. The number of hydrogen-bond acceptors (Lipinski definition) is 6. The number of ether oxygens (including phenoxy) is 4. The molecule has 0 saturated heterocycles. The summed E-state index contributed by atoms with van der Waals surface area (Å²) in [6.45, 7) is 0. The Kier molecular flexibility index (Phi) is 19.4. The van der Waals surface area contributed by atoms with E-state index in [4.69, 9.17) is 28.9 Å². The second kappa shape index (κ2) is 25.1. The number of methoxy groups -OCH3 is 4. The Hall–Kier alpha value is -4.98. The van der Waals surface area contributed by atoms with Crippen LogP contribution in [0.3, 0.4) is 0 Å². The Morgan fingerprint density at radius 3 is 0.852 bits per heavy atom. The lowest BCUT2D eigenvalue weighted by atomic mass is 10.0. The van der Waals surface area contributed by atoms with Crippen LogP contribution in [0.1, 0.15) is 103 Å². The van der Waals surface area contributed by atoms with Crippen LogP contribution in [0.2, 0.25) is 0 Å². The molecule has 0 aromatic heterocycles. The normalized spacial score (nSPS) is 11.6. The highest BCUT2D eigenvalue weighted by Gasteiger charge is 2.06. The molecule has 0 unspecified atom stereocenters. The second-order valence-corrected chi connectivity index (χ2v) is 13.7. The number of unbranched alkanes of at least 4 members (excludes halogenated alkanes) is 13. The van der Waals surface area contributed by atoms with Crippen molar-refractivity contribution in [1.82, 2.24) is 0 Å². The molecule has 54 heavy (non-hydrogen) atoms. The smallest absolute Gasteiger partial charge is 0.119 e. The summed E-state index contributed by atoms with van der Waals surface area (Å²) in [7, 11) is 6.74. The van der Waals surface area contributed by atoms with Crippen LogP contribution in [0.15, 0.2) is 107 Å². The van der Waals surface area contributed by atoms with Crippen molar-refractivity contribution >= 4 is 34.4 Å². The van der Waals surface area contributed by atoms with E-state index in [0.717, 1.165) is 83.1 Å². The number of rotatable bonds is 25. The third-order valence-corrected chi connectivity index (χ3v) is 9.51. The minimum Gasteiger partial charge on any atom is -0.497 e. The first-order valence-corrected chi connectivity index (χ1v) is 19.8. The number of nitrogens with zero attached hydrogens (tertiary/aromatic N) is 2. The molecule has 4 rings (SSSR count). The number of aliphatic imine (C=N–C) groups is 2. The van der Waals surface area contributed by atoms with E-state index < -0.39 is 0 Å². The Balaban J connectivity index is 1.05. The highest BCUT2D eigenvalue weighted by Crippen LogP contribution is 2.23. The van der Waals surface area contributed by atoms with E-state index in [1.54, 1.807) is 28.4 Å². The Morgan fingerprint density at radius 1 is 0.352 bits per heavy atom. The van der Waals surface area contributed by atoms with E-state index >= 15 is 0 Å². The topological polar surface area (TPSA) is 85.7 Å². The minimum atomic E-state index is 0.836. The summed E-state index contributed by atoms with van der Waals surface area (Å²) in [4.78, 5) is 9.85. The van der Waals surface area contributed by atoms with Gasteiger partial charge in [-0.1, -0.05) is 77.0 Å². The average Bonchev–Trinajstić information content (AvgIpc) is 3.21. The van der Waals surface area contributed by atoms with Crippen LogP contribution in [0.5, 0.6) is 23.0 Å². The third kappa shape index (κ3) is 16.4. The number of amidine groups is 2. The summed E-state index contributed by atoms with van der Waals surface area (Å²) in [5.41, 5.74) is 3.88. The molecule has 0 amide bonds. The number of anilines is 2. The van der Waals surface area contributed by atoms with Crippen LogP contribution >= 0.6 is 0 Å². The summed E-state index contributed by atoms with van der Waals surface area (Å²) in [5, 5.41) is 7.07. The third-order valence-electron chi connectivity index (χ3n) is 9.51. The van der Waals surface area contributed by atoms with E-state index in [9.17, 15) is 0 Å². The second-order valence-electron chi connectivity index (χ2n) is 13.7. The van der Waals surface area contributed by atoms with Crippen LogP contribution in [0.25, 0.3) is 0 Å². The maximum atomic E-state index is 5.31. The molecule has 0 aliphatic rings. The van der Waals surface area contributed by atoms with Crippen molar-refractivity contribution < 1.29 is 18.9 Å². The first kappa shape index (κ1) is 41.8. The predicted octanol–water partition coefficient (Wildman–Crippen LogP) is 12.9. The Labute approximate surface area is 324 Å². The highest BCUT2D eigenvalue weighted by molar-refractivity contribution is 5.97. The molecule has 4 aromatic rings. The lowest BCUT2D eigenvalue weighted by Gasteiger charge is -2.11. The van der Waals surface area contributed by atoms with Gasteiger partial charge in [0.2, 0.25) is 0 Å². The van der Waals surface area contributed by atoms with Gasteiger partial charge in [-0.05, 0) is 110 Å². The van der Waals surface area contributed by atoms with Gasteiger partial charge in [-0.15, -0.1) is 0 Å². The molecule has 0 saturated carbocycles. The van der Waals surface area contributed by atoms with Gasteiger partial charge in [0.05, 0.1) is 39.8 Å². The van der Waals surface area contributed by atoms with Gasteiger partial charge >= 0.3 is 0 Å². The molecule has 2 N–H and O–H groups in total. The van der Waals surface area contributed by atoms with Crippen molar-refractivity contribution in [2.75, 3.05) is 39.1 Å². The molecule has 8 heteroatoms. The zero-order chi connectivity index (χ0) is 38.1. The fourth-order valence-corrected chi connectivity index (χ4v) is 6.31. The number of hydrogen-bond donors (Lipinski definition) is 2. The molecule has 0 aliphatic heterocycles. The fraction of sp³-hybridized carbons (Fsp3) is 0.435. The first-order chi connectivity index (χ1) is 26.6. The molecular formula is C46H62N4O4.